The van der Waals surface area contributed by atoms with Crippen LogP contribution in [0.2, 0.25) is 0 Å². The summed E-state index contributed by atoms with van der Waals surface area (Å²) in [7, 11) is 4.27. The smallest absolute Gasteiger partial charge is 0.376 e. The molecule has 0 aliphatic heterocycles. The second kappa shape index (κ2) is 13.1. The fourth-order valence-corrected chi connectivity index (χ4v) is 1.66. The van der Waals surface area contributed by atoms with Crippen LogP contribution >= 0.6 is 0 Å². The first kappa shape index (κ1) is 16.5. The first-order chi connectivity index (χ1) is 6.58. The van der Waals surface area contributed by atoms with Crippen LogP contribution in [-0.2, 0) is 13.3 Å². The Kier molecular flexibility index (Phi) is 15.4. The van der Waals surface area contributed by atoms with Crippen LogP contribution in [0.3, 0.4) is 0 Å². The third-order valence-corrected chi connectivity index (χ3v) is 2.72. The van der Waals surface area contributed by atoms with Gasteiger partial charge in [0.2, 0.25) is 0 Å². The van der Waals surface area contributed by atoms with Crippen molar-refractivity contribution >= 4 is 9.53 Å². The van der Waals surface area contributed by atoms with Crippen molar-refractivity contribution in [2.45, 2.75) is 20.8 Å². The molecule has 0 radical (unpaired) electrons. The van der Waals surface area contributed by atoms with Crippen molar-refractivity contribution in [2.24, 2.45) is 0 Å². The minimum Gasteiger partial charge on any atom is -0.376 e. The van der Waals surface area contributed by atoms with Gasteiger partial charge >= 0.3 is 9.53 Å². The molecule has 0 rings (SSSR count). The van der Waals surface area contributed by atoms with E-state index < -0.39 is 9.53 Å². The molecule has 5 heteroatoms. The van der Waals surface area contributed by atoms with Crippen molar-refractivity contribution in [3.8, 4) is 0 Å². The number of rotatable bonds is 6. The second-order valence-corrected chi connectivity index (χ2v) is 4.57. The van der Waals surface area contributed by atoms with Crippen molar-refractivity contribution < 1.29 is 13.3 Å². The van der Waals surface area contributed by atoms with E-state index in [9.17, 15) is 0 Å². The highest BCUT2D eigenvalue weighted by Gasteiger charge is 2.11. The molecule has 0 aliphatic rings. The van der Waals surface area contributed by atoms with Crippen molar-refractivity contribution in [3.63, 3.8) is 0 Å². The minimum absolute atomic E-state index is 0.677. The van der Waals surface area contributed by atoms with E-state index in [1.807, 2.05) is 46.8 Å². The zero-order chi connectivity index (χ0) is 11.4. The molecule has 0 unspecified atom stereocenters. The van der Waals surface area contributed by atoms with Crippen LogP contribution < -0.4 is 0 Å². The van der Waals surface area contributed by atoms with Crippen molar-refractivity contribution in [1.29, 1.82) is 0 Å². The van der Waals surface area contributed by atoms with Gasteiger partial charge in [0.15, 0.2) is 0 Å². The van der Waals surface area contributed by atoms with Gasteiger partial charge in [-0.25, -0.2) is 0 Å². The standard InChI is InChI=1S/C6H16O3Si.C3H9N/c1-4-7-10(8-5-2)9-6-3;1-4(2)3/h10H,4-6H2,1-3H3;1-3H3. The van der Waals surface area contributed by atoms with Gasteiger partial charge in [0, 0.05) is 19.8 Å². The SMILES string of the molecule is CCO[SiH](OCC)OCC.CN(C)C. The van der Waals surface area contributed by atoms with Gasteiger partial charge < -0.3 is 18.2 Å². The Morgan fingerprint density at radius 1 is 0.786 bits per heavy atom. The largest absolute Gasteiger partial charge is 0.484 e. The normalized spacial score (nSPS) is 10.3. The summed E-state index contributed by atoms with van der Waals surface area (Å²) >= 11 is 0. The molecule has 0 N–H and O–H groups in total. The van der Waals surface area contributed by atoms with E-state index in [4.69, 9.17) is 13.3 Å². The van der Waals surface area contributed by atoms with Gasteiger partial charge in [0.05, 0.1) is 0 Å². The summed E-state index contributed by atoms with van der Waals surface area (Å²) in [5, 5.41) is 0. The summed E-state index contributed by atoms with van der Waals surface area (Å²) < 4.78 is 15.7. The summed E-state index contributed by atoms with van der Waals surface area (Å²) in [5.41, 5.74) is 0. The topological polar surface area (TPSA) is 30.9 Å². The molecule has 0 fully saturated rings. The van der Waals surface area contributed by atoms with Gasteiger partial charge in [-0.15, -0.1) is 0 Å². The summed E-state index contributed by atoms with van der Waals surface area (Å²) in [4.78, 5) is 2.00. The predicted octanol–water partition coefficient (Wildman–Crippen LogP) is 0.991. The molecule has 0 aromatic carbocycles. The second-order valence-electron chi connectivity index (χ2n) is 3.00. The Morgan fingerprint density at radius 3 is 1.14 bits per heavy atom. The molecule has 0 saturated carbocycles. The number of hydrogen-bond donors (Lipinski definition) is 0. The van der Waals surface area contributed by atoms with Crippen LogP contribution in [0, 0.1) is 0 Å². The van der Waals surface area contributed by atoms with E-state index in [0.29, 0.717) is 19.8 Å². The fraction of sp³-hybridized carbons (Fsp3) is 1.00. The summed E-state index contributed by atoms with van der Waals surface area (Å²) in [6.07, 6.45) is 0. The molecule has 14 heavy (non-hydrogen) atoms. The molecule has 0 heterocycles. The monoisotopic (exact) mass is 223 g/mol. The van der Waals surface area contributed by atoms with Gasteiger partial charge in [0.25, 0.3) is 0 Å². The van der Waals surface area contributed by atoms with Gasteiger partial charge in [0.1, 0.15) is 0 Å². The van der Waals surface area contributed by atoms with Crippen LogP contribution in [0.5, 0.6) is 0 Å². The molecule has 4 nitrogen and oxygen atoms in total. The molecule has 0 bridgehead atoms. The van der Waals surface area contributed by atoms with E-state index in [1.165, 1.54) is 0 Å². The lowest BCUT2D eigenvalue weighted by molar-refractivity contribution is 0.107. The van der Waals surface area contributed by atoms with Crippen molar-refractivity contribution in [2.75, 3.05) is 41.0 Å². The zero-order valence-electron chi connectivity index (χ0n) is 10.4. The molecular weight excluding hydrogens is 198 g/mol. The molecule has 0 saturated heterocycles. The Bertz CT molecular complexity index is 87.0. The first-order valence-corrected chi connectivity index (χ1v) is 6.45. The van der Waals surface area contributed by atoms with Crippen LogP contribution in [0.4, 0.5) is 0 Å². The Morgan fingerprint density at radius 2 is 1.00 bits per heavy atom. The van der Waals surface area contributed by atoms with E-state index in [2.05, 4.69) is 0 Å². The van der Waals surface area contributed by atoms with E-state index in [-0.39, 0.29) is 0 Å². The lowest BCUT2D eigenvalue weighted by Gasteiger charge is -2.12. The third-order valence-electron chi connectivity index (χ3n) is 0.908. The first-order valence-electron chi connectivity index (χ1n) is 5.04. The summed E-state index contributed by atoms with van der Waals surface area (Å²) in [6.45, 7) is 7.86. The van der Waals surface area contributed by atoms with E-state index in [1.54, 1.807) is 0 Å². The molecule has 0 aromatic rings. The van der Waals surface area contributed by atoms with E-state index in [0.717, 1.165) is 0 Å². The molecule has 0 spiro atoms. The van der Waals surface area contributed by atoms with Gasteiger partial charge in [-0.3, -0.25) is 0 Å². The quantitative estimate of drug-likeness (QED) is 0.628. The van der Waals surface area contributed by atoms with Crippen LogP contribution in [-0.4, -0.2) is 55.4 Å². The number of hydrogen-bond acceptors (Lipinski definition) is 4. The summed E-state index contributed by atoms with van der Waals surface area (Å²) in [6, 6.07) is 0. The highest BCUT2D eigenvalue weighted by molar-refractivity contribution is 6.36. The fourth-order valence-electron chi connectivity index (χ4n) is 0.553. The highest BCUT2D eigenvalue weighted by Crippen LogP contribution is 1.90. The Labute approximate surface area is 90.1 Å². The van der Waals surface area contributed by atoms with Crippen molar-refractivity contribution in [1.82, 2.24) is 4.90 Å². The van der Waals surface area contributed by atoms with Gasteiger partial charge in [-0.05, 0) is 41.9 Å². The maximum Gasteiger partial charge on any atom is 0.484 e. The molecular formula is C9H25NO3Si. The zero-order valence-corrected chi connectivity index (χ0v) is 11.5. The lowest BCUT2D eigenvalue weighted by atomic mass is 10.9. The molecule has 88 valence electrons. The van der Waals surface area contributed by atoms with Crippen LogP contribution in [0.15, 0.2) is 0 Å². The average Bonchev–Trinajstić information content (AvgIpc) is 2.04. The van der Waals surface area contributed by atoms with Crippen LogP contribution in [0.1, 0.15) is 20.8 Å². The highest BCUT2D eigenvalue weighted by atomic mass is 28.3. The van der Waals surface area contributed by atoms with Gasteiger partial charge in [-0.1, -0.05) is 0 Å². The number of nitrogens with zero attached hydrogens (tertiary/aromatic N) is 1. The Balaban J connectivity index is 0. The minimum atomic E-state index is -1.73. The molecule has 0 amide bonds. The van der Waals surface area contributed by atoms with Crippen molar-refractivity contribution in [3.05, 3.63) is 0 Å². The van der Waals surface area contributed by atoms with Crippen LogP contribution in [0.25, 0.3) is 0 Å². The van der Waals surface area contributed by atoms with Gasteiger partial charge in [-0.2, -0.15) is 0 Å². The lowest BCUT2D eigenvalue weighted by Crippen LogP contribution is -2.27. The summed E-state index contributed by atoms with van der Waals surface area (Å²) in [5.74, 6) is 0. The molecule has 0 aromatic heterocycles. The Hall–Kier alpha value is 0.0569. The maximum atomic E-state index is 5.22. The maximum absolute atomic E-state index is 5.22. The predicted molar refractivity (Wildman–Crippen MR) is 61.6 cm³/mol. The third kappa shape index (κ3) is 18.0. The molecule has 0 atom stereocenters. The average molecular weight is 223 g/mol. The van der Waals surface area contributed by atoms with E-state index >= 15 is 0 Å². The molecule has 0 aliphatic carbocycles.